The number of hydrogen-bond donors (Lipinski definition) is 2. The van der Waals surface area contributed by atoms with Gasteiger partial charge in [-0.05, 0) is 37.1 Å². The van der Waals surface area contributed by atoms with Crippen LogP contribution in [0.2, 0.25) is 0 Å². The highest BCUT2D eigenvalue weighted by atomic mass is 19.1. The SMILES string of the molecule is Cc1ccc([C@@H](CC(=O)O)NCC(C)C)c(F)c1Oc1ccccc1. The minimum absolute atomic E-state index is 0.130. The van der Waals surface area contributed by atoms with E-state index in [0.717, 1.165) is 0 Å². The molecule has 0 aromatic heterocycles. The van der Waals surface area contributed by atoms with Crippen molar-refractivity contribution in [2.24, 2.45) is 5.92 Å². The predicted molar refractivity (Wildman–Crippen MR) is 95.5 cm³/mol. The predicted octanol–water partition coefficient (Wildman–Crippen LogP) is 4.69. The van der Waals surface area contributed by atoms with E-state index in [2.05, 4.69) is 5.32 Å². The standard InChI is InChI=1S/C20H24FNO3/c1-13(2)12-22-17(11-18(23)24)16-10-9-14(3)20(19(16)21)25-15-7-5-4-6-8-15/h4-10,13,17,22H,11-12H2,1-3H3,(H,23,24)/t17-/m1/s1. The Hall–Kier alpha value is -2.40. The smallest absolute Gasteiger partial charge is 0.305 e. The Kier molecular flexibility index (Phi) is 6.53. The maximum absolute atomic E-state index is 15.1. The average Bonchev–Trinajstić information content (AvgIpc) is 2.56. The van der Waals surface area contributed by atoms with Crippen LogP contribution >= 0.6 is 0 Å². The monoisotopic (exact) mass is 345 g/mol. The molecule has 1 atom stereocenters. The lowest BCUT2D eigenvalue weighted by molar-refractivity contribution is -0.137. The Morgan fingerprint density at radius 1 is 1.20 bits per heavy atom. The molecular weight excluding hydrogens is 321 g/mol. The normalized spacial score (nSPS) is 12.2. The summed E-state index contributed by atoms with van der Waals surface area (Å²) in [5.41, 5.74) is 0.961. The molecule has 0 aliphatic rings. The maximum Gasteiger partial charge on any atom is 0.305 e. The Morgan fingerprint density at radius 3 is 2.48 bits per heavy atom. The highest BCUT2D eigenvalue weighted by Gasteiger charge is 2.23. The van der Waals surface area contributed by atoms with Crippen LogP contribution in [0.1, 0.15) is 37.4 Å². The van der Waals surface area contributed by atoms with Gasteiger partial charge >= 0.3 is 5.97 Å². The summed E-state index contributed by atoms with van der Waals surface area (Å²) in [7, 11) is 0. The number of aryl methyl sites for hydroxylation is 1. The van der Waals surface area contributed by atoms with Gasteiger partial charge in [-0.1, -0.05) is 44.2 Å². The van der Waals surface area contributed by atoms with Crippen molar-refractivity contribution < 1.29 is 19.0 Å². The molecule has 2 N–H and O–H groups in total. The van der Waals surface area contributed by atoms with E-state index in [0.29, 0.717) is 29.3 Å². The van der Waals surface area contributed by atoms with Crippen molar-refractivity contribution in [2.45, 2.75) is 33.2 Å². The van der Waals surface area contributed by atoms with E-state index in [-0.39, 0.29) is 12.2 Å². The number of halogens is 1. The molecule has 0 unspecified atom stereocenters. The summed E-state index contributed by atoms with van der Waals surface area (Å²) in [5, 5.41) is 12.3. The van der Waals surface area contributed by atoms with Crippen molar-refractivity contribution in [1.82, 2.24) is 5.32 Å². The molecule has 0 saturated heterocycles. The number of benzene rings is 2. The zero-order valence-corrected chi connectivity index (χ0v) is 14.8. The van der Waals surface area contributed by atoms with E-state index < -0.39 is 17.8 Å². The van der Waals surface area contributed by atoms with Crippen LogP contribution in [-0.2, 0) is 4.79 Å². The molecule has 0 radical (unpaired) electrons. The van der Waals surface area contributed by atoms with Crippen LogP contribution in [0.5, 0.6) is 11.5 Å². The number of ether oxygens (including phenoxy) is 1. The summed E-state index contributed by atoms with van der Waals surface area (Å²) in [6, 6.07) is 11.7. The van der Waals surface area contributed by atoms with Gasteiger partial charge in [0, 0.05) is 11.6 Å². The number of carbonyl (C=O) groups is 1. The first-order valence-corrected chi connectivity index (χ1v) is 8.35. The van der Waals surface area contributed by atoms with E-state index >= 15 is 4.39 Å². The van der Waals surface area contributed by atoms with Crippen LogP contribution in [0.3, 0.4) is 0 Å². The van der Waals surface area contributed by atoms with Gasteiger partial charge in [-0.25, -0.2) is 4.39 Å². The number of aliphatic carboxylic acids is 1. The Labute approximate surface area is 147 Å². The first kappa shape index (κ1) is 18.9. The third-order valence-corrected chi connectivity index (χ3v) is 3.81. The van der Waals surface area contributed by atoms with Gasteiger partial charge in [-0.3, -0.25) is 4.79 Å². The van der Waals surface area contributed by atoms with Gasteiger partial charge in [0.2, 0.25) is 0 Å². The van der Waals surface area contributed by atoms with Crippen LogP contribution in [-0.4, -0.2) is 17.6 Å². The molecule has 2 aromatic rings. The first-order valence-electron chi connectivity index (χ1n) is 8.35. The minimum Gasteiger partial charge on any atom is -0.481 e. The summed E-state index contributed by atoms with van der Waals surface area (Å²) in [6.07, 6.45) is -0.197. The number of rotatable bonds is 8. The van der Waals surface area contributed by atoms with Crippen molar-refractivity contribution >= 4 is 5.97 Å². The van der Waals surface area contributed by atoms with Gasteiger partial charge in [0.15, 0.2) is 11.6 Å². The van der Waals surface area contributed by atoms with Gasteiger partial charge in [-0.2, -0.15) is 0 Å². The molecule has 134 valence electrons. The molecule has 25 heavy (non-hydrogen) atoms. The summed E-state index contributed by atoms with van der Waals surface area (Å²) < 4.78 is 20.8. The highest BCUT2D eigenvalue weighted by Crippen LogP contribution is 2.33. The van der Waals surface area contributed by atoms with E-state index in [4.69, 9.17) is 9.84 Å². The van der Waals surface area contributed by atoms with Crippen LogP contribution in [0.4, 0.5) is 4.39 Å². The van der Waals surface area contributed by atoms with E-state index in [1.807, 2.05) is 32.0 Å². The fourth-order valence-corrected chi connectivity index (χ4v) is 2.51. The second kappa shape index (κ2) is 8.62. The first-order chi connectivity index (χ1) is 11.9. The molecule has 0 saturated carbocycles. The largest absolute Gasteiger partial charge is 0.481 e. The summed E-state index contributed by atoms with van der Waals surface area (Å²) in [6.45, 7) is 6.39. The quantitative estimate of drug-likeness (QED) is 0.729. The number of hydrogen-bond acceptors (Lipinski definition) is 3. The number of nitrogens with one attached hydrogen (secondary N) is 1. The fraction of sp³-hybridized carbons (Fsp3) is 0.350. The Bertz CT molecular complexity index is 716. The van der Waals surface area contributed by atoms with Crippen molar-refractivity contribution in [3.8, 4) is 11.5 Å². The van der Waals surface area contributed by atoms with Crippen molar-refractivity contribution in [3.63, 3.8) is 0 Å². The molecular formula is C20H24FNO3. The average molecular weight is 345 g/mol. The van der Waals surface area contributed by atoms with Crippen LogP contribution in [0.15, 0.2) is 42.5 Å². The number of carboxylic acid groups (broad SMARTS) is 1. The second-order valence-corrected chi connectivity index (χ2v) is 6.48. The highest BCUT2D eigenvalue weighted by molar-refractivity contribution is 5.68. The molecule has 0 amide bonds. The van der Waals surface area contributed by atoms with Crippen LogP contribution in [0, 0.1) is 18.7 Å². The zero-order chi connectivity index (χ0) is 18.4. The fourth-order valence-electron chi connectivity index (χ4n) is 2.51. The van der Waals surface area contributed by atoms with Crippen LogP contribution < -0.4 is 10.1 Å². The lowest BCUT2D eigenvalue weighted by Crippen LogP contribution is -2.28. The van der Waals surface area contributed by atoms with Gasteiger partial charge in [0.1, 0.15) is 5.75 Å². The molecule has 5 heteroatoms. The Balaban J connectivity index is 2.35. The van der Waals surface area contributed by atoms with E-state index in [9.17, 15) is 4.79 Å². The lowest BCUT2D eigenvalue weighted by atomic mass is 10.00. The number of para-hydroxylation sites is 1. The molecule has 4 nitrogen and oxygen atoms in total. The molecule has 2 rings (SSSR count). The van der Waals surface area contributed by atoms with E-state index in [1.165, 1.54) is 0 Å². The molecule has 2 aromatic carbocycles. The van der Waals surface area contributed by atoms with Gasteiger partial charge < -0.3 is 15.2 Å². The van der Waals surface area contributed by atoms with Crippen molar-refractivity contribution in [3.05, 3.63) is 59.4 Å². The second-order valence-electron chi connectivity index (χ2n) is 6.48. The molecule has 0 fully saturated rings. The Morgan fingerprint density at radius 2 is 1.88 bits per heavy atom. The van der Waals surface area contributed by atoms with Crippen LogP contribution in [0.25, 0.3) is 0 Å². The summed E-state index contributed by atoms with van der Waals surface area (Å²) in [5.74, 6) is -0.514. The van der Waals surface area contributed by atoms with Gasteiger partial charge in [-0.15, -0.1) is 0 Å². The summed E-state index contributed by atoms with van der Waals surface area (Å²) in [4.78, 5) is 11.2. The minimum atomic E-state index is -0.980. The third kappa shape index (κ3) is 5.29. The third-order valence-electron chi connectivity index (χ3n) is 3.81. The lowest BCUT2D eigenvalue weighted by Gasteiger charge is -2.21. The van der Waals surface area contributed by atoms with Crippen molar-refractivity contribution in [1.29, 1.82) is 0 Å². The van der Waals surface area contributed by atoms with E-state index in [1.54, 1.807) is 31.2 Å². The summed E-state index contributed by atoms with van der Waals surface area (Å²) >= 11 is 0. The van der Waals surface area contributed by atoms with Gasteiger partial charge in [0.05, 0.1) is 6.42 Å². The molecule has 0 heterocycles. The topological polar surface area (TPSA) is 58.6 Å². The zero-order valence-electron chi connectivity index (χ0n) is 14.8. The van der Waals surface area contributed by atoms with Gasteiger partial charge in [0.25, 0.3) is 0 Å². The molecule has 0 bridgehead atoms. The number of carboxylic acids is 1. The maximum atomic E-state index is 15.1. The molecule has 0 spiro atoms. The molecule has 0 aliphatic carbocycles. The molecule has 0 aliphatic heterocycles. The van der Waals surface area contributed by atoms with Crippen molar-refractivity contribution in [2.75, 3.05) is 6.54 Å².